The molecule has 2 aromatic rings. The summed E-state index contributed by atoms with van der Waals surface area (Å²) >= 11 is 0. The fourth-order valence-electron chi connectivity index (χ4n) is 1.69. The van der Waals surface area contributed by atoms with E-state index in [0.717, 1.165) is 11.3 Å². The summed E-state index contributed by atoms with van der Waals surface area (Å²) in [7, 11) is 3.23. The number of hydrogen-bond donors (Lipinski definition) is 1. The van der Waals surface area contributed by atoms with Crippen LogP contribution in [0.25, 0.3) is 0 Å². The Morgan fingerprint density at radius 3 is 2.16 bits per heavy atom. The lowest BCUT2D eigenvalue weighted by Crippen LogP contribution is -1.97. The highest BCUT2D eigenvalue weighted by atomic mass is 16.5. The highest BCUT2D eigenvalue weighted by Gasteiger charge is 2.02. The third kappa shape index (κ3) is 3.31. The van der Waals surface area contributed by atoms with Crippen molar-refractivity contribution in [2.24, 2.45) is 0 Å². The second kappa shape index (κ2) is 6.00. The van der Waals surface area contributed by atoms with Gasteiger partial charge < -0.3 is 19.9 Å². The van der Waals surface area contributed by atoms with Gasteiger partial charge in [0.05, 0.1) is 19.9 Å². The van der Waals surface area contributed by atoms with Crippen LogP contribution in [0.15, 0.2) is 42.5 Å². The number of nitrogens with two attached hydrogens (primary N) is 1. The van der Waals surface area contributed by atoms with Gasteiger partial charge in [-0.05, 0) is 29.8 Å². The van der Waals surface area contributed by atoms with E-state index in [9.17, 15) is 0 Å². The maximum Gasteiger partial charge on any atom is 0.142 e. The van der Waals surface area contributed by atoms with Gasteiger partial charge in [0.15, 0.2) is 0 Å². The average Bonchev–Trinajstić information content (AvgIpc) is 2.46. The second-order valence-electron chi connectivity index (χ2n) is 4.04. The van der Waals surface area contributed by atoms with Gasteiger partial charge in [0.25, 0.3) is 0 Å². The summed E-state index contributed by atoms with van der Waals surface area (Å²) < 4.78 is 15.9. The van der Waals surface area contributed by atoms with E-state index in [1.807, 2.05) is 30.3 Å². The normalized spacial score (nSPS) is 10.0. The highest BCUT2D eigenvalue weighted by Crippen LogP contribution is 2.26. The number of ether oxygens (including phenoxy) is 3. The van der Waals surface area contributed by atoms with Crippen molar-refractivity contribution in [1.82, 2.24) is 0 Å². The van der Waals surface area contributed by atoms with Crippen LogP contribution >= 0.6 is 0 Å². The van der Waals surface area contributed by atoms with E-state index in [4.69, 9.17) is 19.9 Å². The Balaban J connectivity index is 1.99. The molecule has 19 heavy (non-hydrogen) atoms. The molecular weight excluding hydrogens is 242 g/mol. The molecule has 0 unspecified atom stereocenters. The molecular formula is C15H17NO3. The molecule has 0 bridgehead atoms. The first kappa shape index (κ1) is 13.1. The summed E-state index contributed by atoms with van der Waals surface area (Å²) in [5, 5.41) is 0. The van der Waals surface area contributed by atoms with Gasteiger partial charge in [0.1, 0.15) is 23.9 Å². The van der Waals surface area contributed by atoms with Crippen molar-refractivity contribution < 1.29 is 14.2 Å². The monoisotopic (exact) mass is 259 g/mol. The van der Waals surface area contributed by atoms with Crippen LogP contribution in [0.1, 0.15) is 5.56 Å². The van der Waals surface area contributed by atoms with Crippen LogP contribution < -0.4 is 19.9 Å². The minimum atomic E-state index is 0.482. The molecule has 0 aromatic heterocycles. The van der Waals surface area contributed by atoms with Crippen LogP contribution in [0.5, 0.6) is 17.2 Å². The Morgan fingerprint density at radius 2 is 1.58 bits per heavy atom. The number of rotatable bonds is 5. The molecule has 0 heterocycles. The summed E-state index contributed by atoms with van der Waals surface area (Å²) in [5.74, 6) is 2.20. The highest BCUT2D eigenvalue weighted by molar-refractivity contribution is 5.56. The zero-order valence-electron chi connectivity index (χ0n) is 11.1. The van der Waals surface area contributed by atoms with Crippen LogP contribution in [-0.4, -0.2) is 14.2 Å². The molecule has 4 heteroatoms. The van der Waals surface area contributed by atoms with Crippen LogP contribution in [-0.2, 0) is 6.61 Å². The van der Waals surface area contributed by atoms with E-state index in [-0.39, 0.29) is 0 Å². The lowest BCUT2D eigenvalue weighted by atomic mass is 10.2. The summed E-state index contributed by atoms with van der Waals surface area (Å²) in [6.07, 6.45) is 0. The molecule has 0 aliphatic rings. The van der Waals surface area contributed by atoms with Crippen molar-refractivity contribution in [3.63, 3.8) is 0 Å². The van der Waals surface area contributed by atoms with Gasteiger partial charge >= 0.3 is 0 Å². The van der Waals surface area contributed by atoms with E-state index >= 15 is 0 Å². The molecule has 2 rings (SSSR count). The molecule has 4 nitrogen and oxygen atoms in total. The fourth-order valence-corrected chi connectivity index (χ4v) is 1.69. The maximum atomic E-state index is 5.82. The second-order valence-corrected chi connectivity index (χ2v) is 4.04. The van der Waals surface area contributed by atoms with Crippen molar-refractivity contribution in [3.8, 4) is 17.2 Å². The Labute approximate surface area is 112 Å². The van der Waals surface area contributed by atoms with Crippen LogP contribution in [0, 0.1) is 0 Å². The number of benzene rings is 2. The fraction of sp³-hybridized carbons (Fsp3) is 0.200. The SMILES string of the molecule is COc1ccc(COc2ccc(OC)c(N)c2)cc1. The smallest absolute Gasteiger partial charge is 0.142 e. The molecule has 0 amide bonds. The minimum absolute atomic E-state index is 0.482. The van der Waals surface area contributed by atoms with E-state index < -0.39 is 0 Å². The van der Waals surface area contributed by atoms with E-state index in [1.54, 1.807) is 26.4 Å². The predicted octanol–water partition coefficient (Wildman–Crippen LogP) is 2.87. The molecule has 0 aliphatic heterocycles. The molecule has 0 saturated carbocycles. The van der Waals surface area contributed by atoms with Gasteiger partial charge in [-0.15, -0.1) is 0 Å². The molecule has 2 N–H and O–H groups in total. The molecule has 0 atom stereocenters. The van der Waals surface area contributed by atoms with Crippen molar-refractivity contribution in [2.45, 2.75) is 6.61 Å². The van der Waals surface area contributed by atoms with Gasteiger partial charge in [-0.25, -0.2) is 0 Å². The first-order valence-corrected chi connectivity index (χ1v) is 5.92. The van der Waals surface area contributed by atoms with Crippen molar-refractivity contribution >= 4 is 5.69 Å². The van der Waals surface area contributed by atoms with E-state index in [2.05, 4.69) is 0 Å². The van der Waals surface area contributed by atoms with Gasteiger partial charge in [0.2, 0.25) is 0 Å². The van der Waals surface area contributed by atoms with E-state index in [1.165, 1.54) is 0 Å². The zero-order chi connectivity index (χ0) is 13.7. The standard InChI is InChI=1S/C15H17NO3/c1-17-12-5-3-11(4-6-12)10-19-13-7-8-15(18-2)14(16)9-13/h3-9H,10,16H2,1-2H3. The first-order valence-electron chi connectivity index (χ1n) is 5.92. The van der Waals surface area contributed by atoms with Gasteiger partial charge in [-0.1, -0.05) is 12.1 Å². The Kier molecular flexibility index (Phi) is 4.13. The van der Waals surface area contributed by atoms with E-state index in [0.29, 0.717) is 23.8 Å². The molecule has 2 aromatic carbocycles. The third-order valence-electron chi connectivity index (χ3n) is 2.77. The number of nitrogen functional groups attached to an aromatic ring is 1. The Hall–Kier alpha value is -2.36. The first-order chi connectivity index (χ1) is 9.22. The average molecular weight is 259 g/mol. The topological polar surface area (TPSA) is 53.7 Å². The summed E-state index contributed by atoms with van der Waals surface area (Å²) in [4.78, 5) is 0. The molecule has 100 valence electrons. The van der Waals surface area contributed by atoms with Gasteiger partial charge in [0, 0.05) is 6.07 Å². The van der Waals surface area contributed by atoms with Crippen LogP contribution in [0.2, 0.25) is 0 Å². The summed E-state index contributed by atoms with van der Waals surface area (Å²) in [6.45, 7) is 0.482. The van der Waals surface area contributed by atoms with Gasteiger partial charge in [-0.3, -0.25) is 0 Å². The molecule has 0 fully saturated rings. The Bertz CT molecular complexity index is 538. The van der Waals surface area contributed by atoms with Crippen LogP contribution in [0.4, 0.5) is 5.69 Å². The third-order valence-corrected chi connectivity index (χ3v) is 2.77. The zero-order valence-corrected chi connectivity index (χ0v) is 11.1. The molecule has 0 spiro atoms. The van der Waals surface area contributed by atoms with Crippen molar-refractivity contribution in [3.05, 3.63) is 48.0 Å². The largest absolute Gasteiger partial charge is 0.497 e. The molecule has 0 aliphatic carbocycles. The predicted molar refractivity (Wildman–Crippen MR) is 74.7 cm³/mol. The Morgan fingerprint density at radius 1 is 0.895 bits per heavy atom. The quantitative estimate of drug-likeness (QED) is 0.839. The summed E-state index contributed by atoms with van der Waals surface area (Å²) in [6, 6.07) is 13.1. The number of anilines is 1. The molecule has 0 saturated heterocycles. The minimum Gasteiger partial charge on any atom is -0.497 e. The maximum absolute atomic E-state index is 5.82. The van der Waals surface area contributed by atoms with Crippen molar-refractivity contribution in [1.29, 1.82) is 0 Å². The number of methoxy groups -OCH3 is 2. The lowest BCUT2D eigenvalue weighted by molar-refractivity contribution is 0.305. The summed E-state index contributed by atoms with van der Waals surface area (Å²) in [5.41, 5.74) is 7.45. The molecule has 0 radical (unpaired) electrons. The van der Waals surface area contributed by atoms with Crippen molar-refractivity contribution in [2.75, 3.05) is 20.0 Å². The lowest BCUT2D eigenvalue weighted by Gasteiger charge is -2.09. The number of hydrogen-bond acceptors (Lipinski definition) is 4. The van der Waals surface area contributed by atoms with Gasteiger partial charge in [-0.2, -0.15) is 0 Å². The van der Waals surface area contributed by atoms with Crippen LogP contribution in [0.3, 0.4) is 0 Å².